The van der Waals surface area contributed by atoms with Crippen molar-refractivity contribution in [2.45, 2.75) is 154 Å². The highest BCUT2D eigenvalue weighted by molar-refractivity contribution is 9.10. The van der Waals surface area contributed by atoms with E-state index < -0.39 is 5.97 Å². The van der Waals surface area contributed by atoms with Crippen LogP contribution >= 0.6 is 49.9 Å². The third kappa shape index (κ3) is 22.9. The van der Waals surface area contributed by atoms with Crippen LogP contribution in [0.2, 0.25) is 0 Å². The molecule has 26 heteroatoms. The Morgan fingerprint density at radius 3 is 1.05 bits per heavy atom. The Labute approximate surface area is 780 Å². The molecule has 0 atom stereocenters. The molecule has 0 fully saturated rings. The number of H-pyrrole nitrogens is 3. The molecule has 0 radical (unpaired) electrons. The number of anilines is 3. The lowest BCUT2D eigenvalue weighted by Gasteiger charge is -2.17. The number of nitrogens with one attached hydrogen (secondary N) is 6. The largest absolute Gasteiger partial charge is 0.481 e. The summed E-state index contributed by atoms with van der Waals surface area (Å²) < 4.78 is 6.07. The number of ketones is 3. The number of amides is 3. The third-order valence-electron chi connectivity index (χ3n) is 24.2. The van der Waals surface area contributed by atoms with Gasteiger partial charge in [0.05, 0.1) is 40.4 Å². The first-order valence-corrected chi connectivity index (χ1v) is 48.2. The van der Waals surface area contributed by atoms with Crippen LogP contribution in [0.15, 0.2) is 148 Å². The Hall–Kier alpha value is -12.0. The zero-order valence-corrected chi connectivity index (χ0v) is 80.2. The monoisotopic (exact) mass is 1860 g/mol. The maximum atomic E-state index is 13.2. The Morgan fingerprint density at radius 2 is 0.731 bits per heavy atom. The molecule has 0 bridgehead atoms. The van der Waals surface area contributed by atoms with Crippen LogP contribution in [-0.2, 0) is 41.6 Å². The fourth-order valence-electron chi connectivity index (χ4n) is 17.0. The fraction of sp³-hybridized carbons (Fsp3) is 0.317. The van der Waals surface area contributed by atoms with E-state index in [9.17, 15) is 38.4 Å². The lowest BCUT2D eigenvalue weighted by molar-refractivity contribution is -0.143. The van der Waals surface area contributed by atoms with Crippen LogP contribution < -0.4 is 16.0 Å². The zero-order chi connectivity index (χ0) is 92.6. The number of halogens is 1. The summed E-state index contributed by atoms with van der Waals surface area (Å²) in [4.78, 5) is 133. The second kappa shape index (κ2) is 44.1. The molecule has 0 saturated heterocycles. The van der Waals surface area contributed by atoms with Gasteiger partial charge in [-0.05, 0) is 246 Å². The van der Waals surface area contributed by atoms with Crippen LogP contribution in [0.4, 0.5) is 17.1 Å². The summed E-state index contributed by atoms with van der Waals surface area (Å²) in [7, 11) is 0. The number of esters is 1. The number of carboxylic acids is 1. The van der Waals surface area contributed by atoms with E-state index in [1.165, 1.54) is 11.3 Å². The van der Waals surface area contributed by atoms with Gasteiger partial charge in [-0.25, -0.2) is 15.0 Å². The van der Waals surface area contributed by atoms with E-state index in [0.717, 1.165) is 255 Å². The highest BCUT2D eigenvalue weighted by atomic mass is 79.9. The number of aliphatic carboxylic acids is 1. The molecule has 3 aliphatic rings. The van der Waals surface area contributed by atoms with E-state index in [-0.39, 0.29) is 47.5 Å². The quantitative estimate of drug-likeness (QED) is 0.0108. The van der Waals surface area contributed by atoms with Crippen LogP contribution in [0.25, 0.3) is 100 Å². The Bertz CT molecular complexity index is 6330. The van der Waals surface area contributed by atoms with Crippen molar-refractivity contribution in [1.82, 2.24) is 44.6 Å². The number of ether oxygens (including phenoxy) is 1. The number of aryl methyl sites for hydroxylation is 5. The van der Waals surface area contributed by atoms with Gasteiger partial charge < -0.3 is 55.4 Å². The van der Waals surface area contributed by atoms with Crippen LogP contribution in [0, 0.1) is 41.5 Å². The van der Waals surface area contributed by atoms with Crippen LogP contribution in [0.1, 0.15) is 210 Å². The molecule has 22 nitrogen and oxygen atoms in total. The number of benzene rings is 6. The lowest BCUT2D eigenvalue weighted by atomic mass is 9.99. The Kier molecular flexibility index (Phi) is 32.4. The molecule has 0 spiro atoms. The maximum absolute atomic E-state index is 13.2. The molecule has 15 rings (SSSR count). The van der Waals surface area contributed by atoms with Crippen LogP contribution in [0.5, 0.6) is 0 Å². The van der Waals surface area contributed by atoms with E-state index >= 15 is 0 Å². The van der Waals surface area contributed by atoms with Crippen LogP contribution in [-0.4, -0.2) is 162 Å². The highest BCUT2D eigenvalue weighted by Crippen LogP contribution is 2.43. The minimum atomic E-state index is -0.818. The van der Waals surface area contributed by atoms with E-state index in [1.54, 1.807) is 22.7 Å². The first-order valence-electron chi connectivity index (χ1n) is 44.7. The molecule has 3 amide bonds. The molecule has 9 heterocycles. The summed E-state index contributed by atoms with van der Waals surface area (Å²) in [5, 5.41) is 26.7. The number of fused-ring (bicyclic) bond motifs is 3. The van der Waals surface area contributed by atoms with Gasteiger partial charge in [0.15, 0.2) is 17.3 Å². The van der Waals surface area contributed by atoms with Crippen molar-refractivity contribution in [2.75, 3.05) is 81.5 Å². The summed E-state index contributed by atoms with van der Waals surface area (Å²) in [5.41, 5.74) is 26.1. The molecule has 0 aliphatic carbocycles. The number of carboxylic acid groups (broad SMARTS) is 1. The summed E-state index contributed by atoms with van der Waals surface area (Å²) >= 11 is 8.20. The topological polar surface area (TPSA) is 298 Å². The minimum Gasteiger partial charge on any atom is -0.481 e. The molecule has 7 N–H and O–H groups in total. The molecule has 3 aliphatic heterocycles. The van der Waals surface area contributed by atoms with Gasteiger partial charge in [0.1, 0.15) is 15.0 Å². The number of hydrogen-bond acceptors (Lipinski definition) is 18. The zero-order valence-electron chi connectivity index (χ0n) is 76.1. The Balaban J connectivity index is 0.000000167. The van der Waals surface area contributed by atoms with Crippen molar-refractivity contribution in [1.29, 1.82) is 0 Å². The van der Waals surface area contributed by atoms with Gasteiger partial charge in [-0.1, -0.05) is 124 Å². The smallest absolute Gasteiger partial charge is 0.306 e. The number of rotatable bonds is 37. The normalized spacial score (nSPS) is 13.5. The number of aromatic amines is 3. The van der Waals surface area contributed by atoms with Crippen LogP contribution in [0.3, 0.4) is 0 Å². The fourth-order valence-corrected chi connectivity index (χ4v) is 19.9. The maximum Gasteiger partial charge on any atom is 0.306 e. The molecular weight excluding hydrogens is 1750 g/mol. The van der Waals surface area contributed by atoms with Gasteiger partial charge >= 0.3 is 11.9 Å². The first kappa shape index (κ1) is 95.6. The van der Waals surface area contributed by atoms with E-state index in [2.05, 4.69) is 115 Å². The molecular formula is C104H113BrN12O10S3. The van der Waals surface area contributed by atoms with Crippen molar-refractivity contribution in [2.24, 2.45) is 0 Å². The van der Waals surface area contributed by atoms with E-state index in [4.69, 9.17) is 24.8 Å². The predicted octanol–water partition coefficient (Wildman–Crippen LogP) is 22.9. The van der Waals surface area contributed by atoms with Gasteiger partial charge in [-0.15, -0.1) is 34.0 Å². The second-order valence-electron chi connectivity index (χ2n) is 32.7. The average molecular weight is 1870 g/mol. The minimum absolute atomic E-state index is 0.0838. The number of thiazole rings is 3. The molecule has 12 aromatic rings. The van der Waals surface area contributed by atoms with Crippen molar-refractivity contribution in [3.05, 3.63) is 243 Å². The van der Waals surface area contributed by atoms with Gasteiger partial charge in [-0.3, -0.25) is 38.4 Å². The summed E-state index contributed by atoms with van der Waals surface area (Å²) in [6.45, 7) is 35.2. The van der Waals surface area contributed by atoms with Gasteiger partial charge in [-0.2, -0.15) is 0 Å². The molecule has 6 aromatic heterocycles. The van der Waals surface area contributed by atoms with E-state index in [0.29, 0.717) is 67.4 Å². The highest BCUT2D eigenvalue weighted by Gasteiger charge is 2.32. The van der Waals surface area contributed by atoms with Crippen molar-refractivity contribution in [3.63, 3.8) is 0 Å². The summed E-state index contributed by atoms with van der Waals surface area (Å²) in [5.74, 6) is -1.13. The number of nitrogens with zero attached hydrogens (tertiary/aromatic N) is 6. The summed E-state index contributed by atoms with van der Waals surface area (Å²) in [6.07, 6.45) is 11.0. The number of hydrogen-bond donors (Lipinski definition) is 7. The third-order valence-corrected chi connectivity index (χ3v) is 27.4. The Morgan fingerprint density at radius 1 is 0.408 bits per heavy atom. The molecule has 0 unspecified atom stereocenters. The summed E-state index contributed by atoms with van der Waals surface area (Å²) in [6, 6.07) is 41.6. The van der Waals surface area contributed by atoms with Crippen molar-refractivity contribution < 1.29 is 48.2 Å². The SMILES string of the molecule is CCN(CC)CCCC(=O)c1c(C)[nH]c(/C=C2\C(=O)Nc3ccc(-c4csc(-c5cccc(Br)c5)n4)cc32)c1C.CCN(CC)CCCC(=O)c1c(C)[nH]c(/C=C2\C(=O)Nc3ccc(-c4csc(-c5cccc(CCC(=O)O)c5)n4)cc32)c1C.CCOC(=O)CCc1cccc(-c2nc(-c3ccc4c(c3)/C(=C/c3[nH]c(C)c(C(=O)CCCN(CC)CC)c3C)C(=O)N4)cs2)c1. The van der Waals surface area contributed by atoms with Gasteiger partial charge in [0.2, 0.25) is 0 Å². The average Bonchev–Trinajstić information content (AvgIpc) is 1.63. The predicted molar refractivity (Wildman–Crippen MR) is 532 cm³/mol. The van der Waals surface area contributed by atoms with Crippen molar-refractivity contribution in [3.8, 4) is 65.5 Å². The number of aromatic nitrogens is 6. The van der Waals surface area contributed by atoms with Gasteiger partial charge in [0, 0.05) is 171 Å². The first-order chi connectivity index (χ1) is 62.7. The lowest BCUT2D eigenvalue weighted by Crippen LogP contribution is -2.24. The number of carbonyl (C=O) groups excluding carboxylic acids is 7. The molecule has 6 aromatic carbocycles. The number of carbonyl (C=O) groups is 8. The molecule has 130 heavy (non-hydrogen) atoms. The standard InChI is InChI=1S/C37H42N4O4S.C35H38N4O4S.C32H33BrN4O2S/c1-6-41(7-2)18-10-13-33(42)35-23(4)31(38-24(35)5)21-29-28-20-26(15-16-30(28)39-36(29)44)32-22-46-37(40-32)27-12-9-11-25(19-27)14-17-34(43)45-8-3;1-5-39(6-2)16-8-11-31(40)33-21(3)29(36-22(33)4)19-27-26-18-24(13-14-28(26)37-34(27)43)30-20-44-35(38-30)25-10-7-9-23(17-25)12-15-32(41)42;1-5-37(6-2)14-8-11-29(38)30-19(3)27(34-20(30)4)17-25-24-16-21(12-13-26(24)35-31(25)39)28-18-40-32(36-28)22-9-7-10-23(33)15-22/h9,11-12,15-16,19-22,38H,6-8,10,13-14,17-18H2,1-5H3,(H,39,44);7,9-10,13-14,17-20,36H,5-6,8,11-12,15-16H2,1-4H3,(H,37,43)(H,41,42);7,9-10,12-13,15-18,34H,5-6,8,11,14H2,1-4H3,(H,35,39)/b29-21-;27-19-;25-17-. The number of Topliss-reactive ketones (excluding diaryl/α,β-unsaturated/α-hetero) is 3. The molecule has 0 saturated carbocycles. The van der Waals surface area contributed by atoms with E-state index in [1.807, 2.05) is 198 Å². The van der Waals surface area contributed by atoms with Crippen molar-refractivity contribution >= 4 is 149 Å². The molecule has 674 valence electrons. The van der Waals surface area contributed by atoms with Gasteiger partial charge in [0.25, 0.3) is 17.7 Å². The second-order valence-corrected chi connectivity index (χ2v) is 36.2.